The molecule has 4 unspecified atom stereocenters. The highest BCUT2D eigenvalue weighted by atomic mass is 16.4. The van der Waals surface area contributed by atoms with Crippen LogP contribution in [0.15, 0.2) is 0 Å². The van der Waals surface area contributed by atoms with Crippen molar-refractivity contribution in [3.05, 3.63) is 0 Å². The number of carboxylic acid groups (broad SMARTS) is 1. The van der Waals surface area contributed by atoms with Crippen LogP contribution in [0.3, 0.4) is 0 Å². The number of carbonyl (C=O) groups excluding carboxylic acids is 1. The predicted molar refractivity (Wildman–Crippen MR) is 65.7 cm³/mol. The van der Waals surface area contributed by atoms with Gasteiger partial charge in [0.05, 0.1) is 0 Å². The lowest BCUT2D eigenvalue weighted by atomic mass is 10.0. The second-order valence-corrected chi connectivity index (χ2v) is 6.58. The highest BCUT2D eigenvalue weighted by Crippen LogP contribution is 2.69. The van der Waals surface area contributed by atoms with Crippen molar-refractivity contribution < 1.29 is 14.7 Å². The van der Waals surface area contributed by atoms with E-state index in [-0.39, 0.29) is 17.7 Å². The van der Waals surface area contributed by atoms with Crippen molar-refractivity contribution in [1.29, 1.82) is 0 Å². The lowest BCUT2D eigenvalue weighted by molar-refractivity contribution is -0.143. The van der Waals surface area contributed by atoms with Gasteiger partial charge in [-0.2, -0.15) is 0 Å². The highest BCUT2D eigenvalue weighted by Gasteiger charge is 2.67. The molecule has 0 aromatic rings. The van der Waals surface area contributed by atoms with E-state index in [0.29, 0.717) is 11.8 Å². The summed E-state index contributed by atoms with van der Waals surface area (Å²) >= 11 is 0. The minimum atomic E-state index is -0.924. The molecule has 100 valence electrons. The number of aliphatic carboxylic acids is 1. The molecule has 4 nitrogen and oxygen atoms in total. The van der Waals surface area contributed by atoms with E-state index in [0.717, 1.165) is 11.8 Å². The third kappa shape index (κ3) is 1.65. The predicted octanol–water partition coefficient (Wildman–Crippen LogP) is 1.50. The number of amides is 1. The summed E-state index contributed by atoms with van der Waals surface area (Å²) in [5, 5.41) is 11.8. The Balaban J connectivity index is 1.62. The molecular formula is C14H21NO3. The molecule has 3 fully saturated rings. The molecule has 2 N–H and O–H groups in total. The summed E-state index contributed by atoms with van der Waals surface area (Å²) in [4.78, 5) is 23.3. The van der Waals surface area contributed by atoms with Gasteiger partial charge < -0.3 is 10.4 Å². The zero-order valence-corrected chi connectivity index (χ0v) is 10.9. The number of hydrogen-bond donors (Lipinski definition) is 2. The second kappa shape index (κ2) is 3.97. The van der Waals surface area contributed by atoms with E-state index < -0.39 is 12.0 Å². The Kier molecular flexibility index (Phi) is 2.65. The SMILES string of the molecule is CC(C)[C@@H](NC(=O)C1C2C3CCC(C3)C12)C(=O)O. The number of fused-ring (bicyclic) bond motifs is 5. The fourth-order valence-corrected chi connectivity index (χ4v) is 4.44. The van der Waals surface area contributed by atoms with Crippen LogP contribution in [0.4, 0.5) is 0 Å². The van der Waals surface area contributed by atoms with Gasteiger partial charge in [0.25, 0.3) is 0 Å². The Morgan fingerprint density at radius 2 is 1.72 bits per heavy atom. The standard InChI is InChI=1S/C14H21NO3/c1-6(2)12(14(17)18)15-13(16)11-9-7-3-4-8(5-7)10(9)11/h6-12H,3-5H2,1-2H3,(H,15,16)(H,17,18)/t7?,8?,9?,10?,11?,12-/m1/s1. The van der Waals surface area contributed by atoms with Gasteiger partial charge in [-0.3, -0.25) is 4.79 Å². The summed E-state index contributed by atoms with van der Waals surface area (Å²) in [5.74, 6) is 1.76. The maximum absolute atomic E-state index is 12.2. The Bertz CT molecular complexity index is 377. The van der Waals surface area contributed by atoms with E-state index in [1.807, 2.05) is 13.8 Å². The van der Waals surface area contributed by atoms with Crippen LogP contribution in [0.25, 0.3) is 0 Å². The molecule has 0 spiro atoms. The average molecular weight is 251 g/mol. The van der Waals surface area contributed by atoms with Gasteiger partial charge >= 0.3 is 5.97 Å². The molecule has 3 rings (SSSR count). The molecule has 0 radical (unpaired) electrons. The van der Waals surface area contributed by atoms with Crippen LogP contribution in [0.2, 0.25) is 0 Å². The summed E-state index contributed by atoms with van der Waals surface area (Å²) in [7, 11) is 0. The molecule has 3 saturated carbocycles. The van der Waals surface area contributed by atoms with Crippen molar-refractivity contribution in [3.8, 4) is 0 Å². The molecule has 0 saturated heterocycles. The van der Waals surface area contributed by atoms with Crippen LogP contribution < -0.4 is 5.32 Å². The fraction of sp³-hybridized carbons (Fsp3) is 0.857. The van der Waals surface area contributed by atoms with Crippen molar-refractivity contribution in [2.45, 2.75) is 39.2 Å². The largest absolute Gasteiger partial charge is 0.480 e. The molecule has 5 atom stereocenters. The molecule has 0 aromatic heterocycles. The Morgan fingerprint density at radius 1 is 1.17 bits per heavy atom. The smallest absolute Gasteiger partial charge is 0.326 e. The quantitative estimate of drug-likeness (QED) is 0.795. The molecular weight excluding hydrogens is 230 g/mol. The normalized spacial score (nSPS) is 41.6. The first-order valence-electron chi connectivity index (χ1n) is 7.04. The van der Waals surface area contributed by atoms with Crippen LogP contribution in [0.1, 0.15) is 33.1 Å². The molecule has 0 aliphatic heterocycles. The monoisotopic (exact) mass is 251 g/mol. The molecule has 0 heterocycles. The van der Waals surface area contributed by atoms with E-state index in [4.69, 9.17) is 5.11 Å². The Morgan fingerprint density at radius 3 is 2.17 bits per heavy atom. The van der Waals surface area contributed by atoms with Crippen molar-refractivity contribution in [1.82, 2.24) is 5.32 Å². The lowest BCUT2D eigenvalue weighted by Gasteiger charge is -2.19. The number of rotatable bonds is 4. The van der Waals surface area contributed by atoms with E-state index >= 15 is 0 Å². The maximum atomic E-state index is 12.2. The first-order chi connectivity index (χ1) is 8.50. The molecule has 0 aromatic carbocycles. The van der Waals surface area contributed by atoms with Crippen molar-refractivity contribution in [2.75, 3.05) is 0 Å². The number of carbonyl (C=O) groups is 2. The zero-order valence-electron chi connectivity index (χ0n) is 10.9. The number of nitrogens with one attached hydrogen (secondary N) is 1. The first-order valence-corrected chi connectivity index (χ1v) is 7.04. The van der Waals surface area contributed by atoms with Crippen LogP contribution in [-0.4, -0.2) is 23.0 Å². The molecule has 18 heavy (non-hydrogen) atoms. The van der Waals surface area contributed by atoms with Gasteiger partial charge in [-0.05, 0) is 48.9 Å². The third-order valence-corrected chi connectivity index (χ3v) is 5.27. The van der Waals surface area contributed by atoms with Crippen LogP contribution >= 0.6 is 0 Å². The molecule has 3 aliphatic rings. The van der Waals surface area contributed by atoms with Crippen LogP contribution in [0, 0.1) is 35.5 Å². The van der Waals surface area contributed by atoms with Gasteiger partial charge in [-0.25, -0.2) is 4.79 Å². The molecule has 2 bridgehead atoms. The second-order valence-electron chi connectivity index (χ2n) is 6.58. The molecule has 1 amide bonds. The third-order valence-electron chi connectivity index (χ3n) is 5.27. The summed E-state index contributed by atoms with van der Waals surface area (Å²) in [5.41, 5.74) is 0. The Hall–Kier alpha value is -1.06. The van der Waals surface area contributed by atoms with Gasteiger partial charge in [0.2, 0.25) is 5.91 Å². The highest BCUT2D eigenvalue weighted by molar-refractivity contribution is 5.87. The van der Waals surface area contributed by atoms with Gasteiger partial charge in [-0.1, -0.05) is 13.8 Å². The number of hydrogen-bond acceptors (Lipinski definition) is 2. The molecule has 3 aliphatic carbocycles. The van der Waals surface area contributed by atoms with E-state index in [1.54, 1.807) is 0 Å². The van der Waals surface area contributed by atoms with Gasteiger partial charge in [0.15, 0.2) is 0 Å². The minimum absolute atomic E-state index is 0.0114. The summed E-state index contributed by atoms with van der Waals surface area (Å²) in [6.45, 7) is 3.66. The molecule has 4 heteroatoms. The Labute approximate surface area is 107 Å². The van der Waals surface area contributed by atoms with E-state index in [2.05, 4.69) is 5.32 Å². The van der Waals surface area contributed by atoms with Crippen molar-refractivity contribution in [2.24, 2.45) is 35.5 Å². The topological polar surface area (TPSA) is 66.4 Å². The zero-order chi connectivity index (χ0) is 13.0. The van der Waals surface area contributed by atoms with Gasteiger partial charge in [0, 0.05) is 5.92 Å². The number of carboxylic acids is 1. The summed E-state index contributed by atoms with van der Waals surface area (Å²) in [6, 6.07) is -0.739. The first kappa shape index (κ1) is 12.0. The van der Waals surface area contributed by atoms with E-state index in [1.165, 1.54) is 19.3 Å². The van der Waals surface area contributed by atoms with Crippen molar-refractivity contribution >= 4 is 11.9 Å². The summed E-state index contributed by atoms with van der Waals surface area (Å²) < 4.78 is 0. The van der Waals surface area contributed by atoms with Crippen LogP contribution in [0.5, 0.6) is 0 Å². The minimum Gasteiger partial charge on any atom is -0.480 e. The van der Waals surface area contributed by atoms with E-state index in [9.17, 15) is 9.59 Å². The van der Waals surface area contributed by atoms with Gasteiger partial charge in [-0.15, -0.1) is 0 Å². The lowest BCUT2D eigenvalue weighted by Crippen LogP contribution is -2.45. The summed E-state index contributed by atoms with van der Waals surface area (Å²) in [6.07, 6.45) is 3.87. The van der Waals surface area contributed by atoms with Gasteiger partial charge in [0.1, 0.15) is 6.04 Å². The average Bonchev–Trinajstić information content (AvgIpc) is 2.74. The maximum Gasteiger partial charge on any atom is 0.326 e. The van der Waals surface area contributed by atoms with Crippen molar-refractivity contribution in [3.63, 3.8) is 0 Å². The fourth-order valence-electron chi connectivity index (χ4n) is 4.44. The van der Waals surface area contributed by atoms with Crippen LogP contribution in [-0.2, 0) is 9.59 Å².